The van der Waals surface area contributed by atoms with Crippen molar-refractivity contribution >= 4 is 11.5 Å². The Labute approximate surface area is 111 Å². The van der Waals surface area contributed by atoms with Gasteiger partial charge in [-0.3, -0.25) is 0 Å². The summed E-state index contributed by atoms with van der Waals surface area (Å²) in [6, 6.07) is 2.22. The van der Waals surface area contributed by atoms with Crippen molar-refractivity contribution in [3.8, 4) is 0 Å². The molecule has 0 fully saturated rings. The van der Waals surface area contributed by atoms with Crippen LogP contribution in [0, 0.1) is 0 Å². The van der Waals surface area contributed by atoms with Gasteiger partial charge in [-0.25, -0.2) is 4.37 Å². The summed E-state index contributed by atoms with van der Waals surface area (Å²) in [7, 11) is 0. The van der Waals surface area contributed by atoms with Crippen molar-refractivity contribution in [2.75, 3.05) is 0 Å². The van der Waals surface area contributed by atoms with Crippen LogP contribution >= 0.6 is 11.5 Å². The molecule has 17 heavy (non-hydrogen) atoms. The van der Waals surface area contributed by atoms with Crippen LogP contribution in [-0.4, -0.2) is 4.37 Å². The maximum Gasteiger partial charge on any atom is 0.0409 e. The van der Waals surface area contributed by atoms with Crippen LogP contribution in [0.15, 0.2) is 12.3 Å². The molecule has 0 aliphatic rings. The maximum absolute atomic E-state index is 4.26. The van der Waals surface area contributed by atoms with E-state index in [0.717, 1.165) is 5.92 Å². The molecule has 1 rings (SSSR count). The van der Waals surface area contributed by atoms with Crippen LogP contribution < -0.4 is 0 Å². The smallest absolute Gasteiger partial charge is 0.0409 e. The fourth-order valence-corrected chi connectivity index (χ4v) is 3.07. The maximum atomic E-state index is 4.26. The minimum absolute atomic E-state index is 0.783. The average molecular weight is 253 g/mol. The molecule has 0 N–H and O–H groups in total. The van der Waals surface area contributed by atoms with E-state index in [1.165, 1.54) is 62.7 Å². The van der Waals surface area contributed by atoms with E-state index in [1.54, 1.807) is 11.5 Å². The summed E-state index contributed by atoms with van der Waals surface area (Å²) in [5, 5.41) is 0. The molecule has 0 saturated carbocycles. The van der Waals surface area contributed by atoms with Gasteiger partial charge >= 0.3 is 0 Å². The zero-order chi connectivity index (χ0) is 12.3. The molecule has 0 aliphatic carbocycles. The number of nitrogens with zero attached hydrogens (tertiary/aromatic N) is 1. The molecule has 0 aromatic carbocycles. The molecule has 1 heterocycles. The molecule has 1 nitrogen and oxygen atoms in total. The molecule has 1 aromatic heterocycles. The lowest BCUT2D eigenvalue weighted by atomic mass is 9.93. The number of hydrogen-bond donors (Lipinski definition) is 0. The van der Waals surface area contributed by atoms with Crippen molar-refractivity contribution < 1.29 is 0 Å². The summed E-state index contributed by atoms with van der Waals surface area (Å²) in [5.74, 6) is 0.783. The Morgan fingerprint density at radius 2 is 1.65 bits per heavy atom. The Hall–Kier alpha value is -0.370. The molecule has 0 spiro atoms. The summed E-state index contributed by atoms with van der Waals surface area (Å²) < 4.78 is 4.26. The number of unbranched alkanes of at least 4 members (excludes halogenated alkanes) is 5. The molecule has 98 valence electrons. The molecule has 0 amide bonds. The van der Waals surface area contributed by atoms with Crippen molar-refractivity contribution in [3.05, 3.63) is 17.1 Å². The summed E-state index contributed by atoms with van der Waals surface area (Å²) >= 11 is 1.70. The molecule has 2 heteroatoms. The number of rotatable bonds is 10. The fraction of sp³-hybridized carbons (Fsp3) is 0.800. The third-order valence-corrected chi connectivity index (χ3v) is 4.33. The van der Waals surface area contributed by atoms with Gasteiger partial charge in [0.2, 0.25) is 0 Å². The van der Waals surface area contributed by atoms with Crippen LogP contribution in [0.4, 0.5) is 0 Å². The van der Waals surface area contributed by atoms with E-state index in [1.807, 2.05) is 6.20 Å². The minimum Gasteiger partial charge on any atom is -0.201 e. The van der Waals surface area contributed by atoms with Crippen molar-refractivity contribution in [2.24, 2.45) is 0 Å². The van der Waals surface area contributed by atoms with E-state index in [0.29, 0.717) is 0 Å². The van der Waals surface area contributed by atoms with Gasteiger partial charge in [-0.15, -0.1) is 0 Å². The molecule has 1 atom stereocenters. The molecule has 1 aromatic rings. The van der Waals surface area contributed by atoms with Gasteiger partial charge < -0.3 is 0 Å². The van der Waals surface area contributed by atoms with E-state index in [4.69, 9.17) is 0 Å². The van der Waals surface area contributed by atoms with Crippen LogP contribution in [0.2, 0.25) is 0 Å². The highest BCUT2D eigenvalue weighted by Crippen LogP contribution is 2.30. The quantitative estimate of drug-likeness (QED) is 0.482. The predicted molar refractivity (Wildman–Crippen MR) is 77.8 cm³/mol. The third kappa shape index (κ3) is 6.21. The van der Waals surface area contributed by atoms with Crippen molar-refractivity contribution in [2.45, 2.75) is 77.6 Å². The zero-order valence-corrected chi connectivity index (χ0v) is 12.3. The van der Waals surface area contributed by atoms with Crippen molar-refractivity contribution in [3.63, 3.8) is 0 Å². The van der Waals surface area contributed by atoms with Crippen LogP contribution in [0.25, 0.3) is 0 Å². The first-order valence-electron chi connectivity index (χ1n) is 7.29. The Balaban J connectivity index is 2.31. The first-order chi connectivity index (χ1) is 8.38. The third-order valence-electron chi connectivity index (χ3n) is 3.42. The first-order valence-corrected chi connectivity index (χ1v) is 8.06. The topological polar surface area (TPSA) is 12.9 Å². The van der Waals surface area contributed by atoms with Crippen molar-refractivity contribution in [1.29, 1.82) is 0 Å². The molecular formula is C15H27NS. The monoisotopic (exact) mass is 253 g/mol. The average Bonchev–Trinajstić information content (AvgIpc) is 2.86. The van der Waals surface area contributed by atoms with Gasteiger partial charge in [-0.1, -0.05) is 58.8 Å². The number of aromatic nitrogens is 1. The van der Waals surface area contributed by atoms with Gasteiger partial charge in [0.1, 0.15) is 0 Å². The Kier molecular flexibility index (Phi) is 8.33. The lowest BCUT2D eigenvalue weighted by Gasteiger charge is -2.14. The largest absolute Gasteiger partial charge is 0.201 e. The minimum atomic E-state index is 0.783. The SMILES string of the molecule is CCCCCCC(CCCCC)c1ccns1. The zero-order valence-electron chi connectivity index (χ0n) is 11.5. The van der Waals surface area contributed by atoms with Gasteiger partial charge in [-0.05, 0) is 36.4 Å². The second-order valence-electron chi connectivity index (χ2n) is 4.96. The standard InChI is InChI=1S/C15H27NS/c1-3-5-7-9-11-14(10-8-6-4-2)15-12-13-16-17-15/h12-14H,3-11H2,1-2H3. The lowest BCUT2D eigenvalue weighted by molar-refractivity contribution is 0.506. The Bertz CT molecular complexity index is 256. The fourth-order valence-electron chi connectivity index (χ4n) is 2.32. The Morgan fingerprint density at radius 1 is 1.00 bits per heavy atom. The lowest BCUT2D eigenvalue weighted by Crippen LogP contribution is -1.97. The summed E-state index contributed by atoms with van der Waals surface area (Å²) in [6.45, 7) is 4.56. The molecule has 0 aliphatic heterocycles. The second kappa shape index (κ2) is 9.64. The number of hydrogen-bond acceptors (Lipinski definition) is 2. The molecule has 0 radical (unpaired) electrons. The summed E-state index contributed by atoms with van der Waals surface area (Å²) in [4.78, 5) is 1.51. The van der Waals surface area contributed by atoms with Gasteiger partial charge in [-0.2, -0.15) is 0 Å². The van der Waals surface area contributed by atoms with Gasteiger partial charge in [0.15, 0.2) is 0 Å². The Morgan fingerprint density at radius 3 is 2.24 bits per heavy atom. The predicted octanol–water partition coefficient (Wildman–Crippen LogP) is 5.78. The van der Waals surface area contributed by atoms with Crippen LogP contribution in [-0.2, 0) is 0 Å². The first kappa shape index (κ1) is 14.7. The summed E-state index contributed by atoms with van der Waals surface area (Å²) in [6.07, 6.45) is 14.3. The normalized spacial score (nSPS) is 12.8. The van der Waals surface area contributed by atoms with Crippen LogP contribution in [0.3, 0.4) is 0 Å². The highest BCUT2D eigenvalue weighted by atomic mass is 32.1. The highest BCUT2D eigenvalue weighted by Gasteiger charge is 2.12. The summed E-state index contributed by atoms with van der Waals surface area (Å²) in [5.41, 5.74) is 0. The van der Waals surface area contributed by atoms with Gasteiger partial charge in [0, 0.05) is 11.1 Å². The van der Waals surface area contributed by atoms with Gasteiger partial charge in [0.05, 0.1) is 0 Å². The van der Waals surface area contributed by atoms with Gasteiger partial charge in [0.25, 0.3) is 0 Å². The molecule has 0 saturated heterocycles. The van der Waals surface area contributed by atoms with E-state index < -0.39 is 0 Å². The van der Waals surface area contributed by atoms with Crippen LogP contribution in [0.5, 0.6) is 0 Å². The van der Waals surface area contributed by atoms with Crippen molar-refractivity contribution in [1.82, 2.24) is 4.37 Å². The second-order valence-corrected chi connectivity index (χ2v) is 5.82. The molecular weight excluding hydrogens is 226 g/mol. The van der Waals surface area contributed by atoms with E-state index in [2.05, 4.69) is 24.3 Å². The van der Waals surface area contributed by atoms with Crippen LogP contribution in [0.1, 0.15) is 82.4 Å². The van der Waals surface area contributed by atoms with E-state index in [-0.39, 0.29) is 0 Å². The highest BCUT2D eigenvalue weighted by molar-refractivity contribution is 7.05. The van der Waals surface area contributed by atoms with E-state index in [9.17, 15) is 0 Å². The van der Waals surface area contributed by atoms with E-state index >= 15 is 0 Å². The molecule has 1 unspecified atom stereocenters. The molecule has 0 bridgehead atoms.